The highest BCUT2D eigenvalue weighted by Gasteiger charge is 2.24. The molecule has 0 aromatic carbocycles. The number of amides is 3. The van der Waals surface area contributed by atoms with Crippen LogP contribution in [0.2, 0.25) is 0 Å². The van der Waals surface area contributed by atoms with Crippen molar-refractivity contribution < 1.29 is 19.5 Å². The molecule has 0 aliphatic heterocycles. The van der Waals surface area contributed by atoms with Crippen molar-refractivity contribution in [3.05, 3.63) is 0 Å². The third kappa shape index (κ3) is 9.87. The monoisotopic (exact) mass is 273 g/mol. The fourth-order valence-electron chi connectivity index (χ4n) is 1.40. The van der Waals surface area contributed by atoms with E-state index in [1.807, 2.05) is 20.8 Å². The van der Waals surface area contributed by atoms with E-state index in [4.69, 9.17) is 5.11 Å². The van der Waals surface area contributed by atoms with Crippen molar-refractivity contribution >= 4 is 17.9 Å². The van der Waals surface area contributed by atoms with Gasteiger partial charge in [0.25, 0.3) is 0 Å². The molecule has 110 valence electrons. The molecular formula is C12H23N3O4. The molecule has 7 heteroatoms. The third-order valence-electron chi connectivity index (χ3n) is 1.97. The van der Waals surface area contributed by atoms with Crippen LogP contribution in [0.4, 0.5) is 4.79 Å². The van der Waals surface area contributed by atoms with Crippen LogP contribution in [-0.4, -0.2) is 40.6 Å². The van der Waals surface area contributed by atoms with E-state index in [0.717, 1.165) is 0 Å². The van der Waals surface area contributed by atoms with Crippen LogP contribution in [0.25, 0.3) is 0 Å². The number of carboxylic acids is 1. The Kier molecular flexibility index (Phi) is 5.80. The van der Waals surface area contributed by atoms with Crippen LogP contribution >= 0.6 is 0 Å². The standard InChI is InChI=1S/C12H23N3O4/c1-11(2,3)14-8(16)7-13-10(19)15-12(4,5)6-9(17)18/h6-7H2,1-5H3,(H,14,16)(H,17,18)(H2,13,15,19). The van der Waals surface area contributed by atoms with E-state index in [9.17, 15) is 14.4 Å². The minimum Gasteiger partial charge on any atom is -0.481 e. The summed E-state index contributed by atoms with van der Waals surface area (Å²) in [6.07, 6.45) is -0.200. The highest BCUT2D eigenvalue weighted by molar-refractivity contribution is 5.84. The van der Waals surface area contributed by atoms with Crippen LogP contribution < -0.4 is 16.0 Å². The molecule has 0 aromatic rings. The fraction of sp³-hybridized carbons (Fsp3) is 0.750. The first-order valence-electron chi connectivity index (χ1n) is 6.00. The van der Waals surface area contributed by atoms with Gasteiger partial charge in [-0.3, -0.25) is 9.59 Å². The summed E-state index contributed by atoms with van der Waals surface area (Å²) in [4.78, 5) is 33.6. The molecule has 7 nitrogen and oxygen atoms in total. The van der Waals surface area contributed by atoms with Gasteiger partial charge in [-0.1, -0.05) is 0 Å². The second kappa shape index (κ2) is 6.40. The number of nitrogens with one attached hydrogen (secondary N) is 3. The summed E-state index contributed by atoms with van der Waals surface area (Å²) < 4.78 is 0. The van der Waals surface area contributed by atoms with Gasteiger partial charge in [-0.05, 0) is 34.6 Å². The average Bonchev–Trinajstić information content (AvgIpc) is 2.08. The van der Waals surface area contributed by atoms with E-state index in [1.54, 1.807) is 13.8 Å². The predicted molar refractivity (Wildman–Crippen MR) is 70.8 cm³/mol. The first-order chi connectivity index (χ1) is 8.41. The van der Waals surface area contributed by atoms with Crippen LogP contribution in [0.1, 0.15) is 41.0 Å². The molecular weight excluding hydrogens is 250 g/mol. The third-order valence-corrected chi connectivity index (χ3v) is 1.97. The highest BCUT2D eigenvalue weighted by atomic mass is 16.4. The second-order valence-corrected chi connectivity index (χ2v) is 6.06. The van der Waals surface area contributed by atoms with Crippen molar-refractivity contribution in [3.63, 3.8) is 0 Å². The zero-order valence-electron chi connectivity index (χ0n) is 12.1. The predicted octanol–water partition coefficient (Wildman–Crippen LogP) is 0.454. The Morgan fingerprint density at radius 2 is 1.53 bits per heavy atom. The summed E-state index contributed by atoms with van der Waals surface area (Å²) >= 11 is 0. The number of carboxylic acid groups (broad SMARTS) is 1. The fourth-order valence-corrected chi connectivity index (χ4v) is 1.40. The summed E-state index contributed by atoms with van der Waals surface area (Å²) in [7, 11) is 0. The van der Waals surface area contributed by atoms with Gasteiger partial charge in [-0.2, -0.15) is 0 Å². The summed E-state index contributed by atoms with van der Waals surface area (Å²) in [5, 5.41) is 16.2. The van der Waals surface area contributed by atoms with Crippen molar-refractivity contribution in [1.82, 2.24) is 16.0 Å². The minimum atomic E-state index is -1.00. The molecule has 0 heterocycles. The van der Waals surface area contributed by atoms with Crippen molar-refractivity contribution in [2.75, 3.05) is 6.54 Å². The molecule has 3 amide bonds. The molecule has 4 N–H and O–H groups in total. The Labute approximate surface area is 113 Å². The molecule has 0 aromatic heterocycles. The van der Waals surface area contributed by atoms with Gasteiger partial charge in [0.1, 0.15) is 0 Å². The van der Waals surface area contributed by atoms with Gasteiger partial charge in [0.15, 0.2) is 0 Å². The Morgan fingerprint density at radius 3 is 1.95 bits per heavy atom. The van der Waals surface area contributed by atoms with E-state index < -0.39 is 17.5 Å². The maximum absolute atomic E-state index is 11.5. The molecule has 0 saturated heterocycles. The Bertz CT molecular complexity index is 358. The molecule has 0 atom stereocenters. The van der Waals surface area contributed by atoms with Crippen LogP contribution in [0.5, 0.6) is 0 Å². The normalized spacial score (nSPS) is 11.6. The van der Waals surface area contributed by atoms with E-state index in [-0.39, 0.29) is 24.4 Å². The maximum Gasteiger partial charge on any atom is 0.315 e. The molecule has 0 rings (SSSR count). The van der Waals surface area contributed by atoms with Gasteiger partial charge in [0.05, 0.1) is 13.0 Å². The maximum atomic E-state index is 11.5. The molecule has 0 aliphatic carbocycles. The average molecular weight is 273 g/mol. The number of carbonyl (C=O) groups excluding carboxylic acids is 2. The van der Waals surface area contributed by atoms with Crippen molar-refractivity contribution in [3.8, 4) is 0 Å². The van der Waals surface area contributed by atoms with Gasteiger partial charge in [0.2, 0.25) is 5.91 Å². The highest BCUT2D eigenvalue weighted by Crippen LogP contribution is 2.07. The first-order valence-corrected chi connectivity index (χ1v) is 6.00. The summed E-state index contributed by atoms with van der Waals surface area (Å²) in [5.74, 6) is -1.31. The molecule has 0 fully saturated rings. The lowest BCUT2D eigenvalue weighted by Gasteiger charge is -2.25. The number of urea groups is 1. The van der Waals surface area contributed by atoms with E-state index in [2.05, 4.69) is 16.0 Å². The molecule has 0 spiro atoms. The number of carbonyl (C=O) groups is 3. The molecule has 0 aliphatic rings. The summed E-state index contributed by atoms with van der Waals surface area (Å²) in [6.45, 7) is 8.53. The zero-order chi connectivity index (χ0) is 15.3. The van der Waals surface area contributed by atoms with E-state index >= 15 is 0 Å². The molecule has 0 unspecified atom stereocenters. The minimum absolute atomic E-state index is 0.160. The van der Waals surface area contributed by atoms with E-state index in [0.29, 0.717) is 0 Å². The van der Waals surface area contributed by atoms with Crippen LogP contribution in [-0.2, 0) is 9.59 Å². The van der Waals surface area contributed by atoms with Crippen LogP contribution in [0.15, 0.2) is 0 Å². The van der Waals surface area contributed by atoms with Crippen LogP contribution in [0.3, 0.4) is 0 Å². The Balaban J connectivity index is 4.13. The quantitative estimate of drug-likeness (QED) is 0.583. The first kappa shape index (κ1) is 17.2. The smallest absolute Gasteiger partial charge is 0.315 e. The van der Waals surface area contributed by atoms with Crippen molar-refractivity contribution in [2.45, 2.75) is 52.1 Å². The molecule has 0 bridgehead atoms. The molecule has 0 radical (unpaired) electrons. The number of hydrogen-bond acceptors (Lipinski definition) is 3. The lowest BCUT2D eigenvalue weighted by molar-refractivity contribution is -0.138. The number of rotatable bonds is 5. The van der Waals surface area contributed by atoms with Crippen molar-refractivity contribution in [1.29, 1.82) is 0 Å². The lowest BCUT2D eigenvalue weighted by atomic mass is 10.0. The molecule has 19 heavy (non-hydrogen) atoms. The Hall–Kier alpha value is -1.79. The topological polar surface area (TPSA) is 108 Å². The lowest BCUT2D eigenvalue weighted by Crippen LogP contribution is -2.52. The van der Waals surface area contributed by atoms with Gasteiger partial charge < -0.3 is 21.1 Å². The van der Waals surface area contributed by atoms with Gasteiger partial charge >= 0.3 is 12.0 Å². The summed E-state index contributed by atoms with van der Waals surface area (Å²) in [5.41, 5.74) is -1.24. The SMILES string of the molecule is CC(C)(C)NC(=O)CNC(=O)NC(C)(C)CC(=O)O. The summed E-state index contributed by atoms with van der Waals surface area (Å²) in [6, 6.07) is -0.574. The number of hydrogen-bond donors (Lipinski definition) is 4. The van der Waals surface area contributed by atoms with Gasteiger partial charge in [0, 0.05) is 11.1 Å². The van der Waals surface area contributed by atoms with Crippen LogP contribution in [0, 0.1) is 0 Å². The van der Waals surface area contributed by atoms with Gasteiger partial charge in [-0.25, -0.2) is 4.79 Å². The molecule has 0 saturated carbocycles. The zero-order valence-corrected chi connectivity index (χ0v) is 12.1. The van der Waals surface area contributed by atoms with Gasteiger partial charge in [-0.15, -0.1) is 0 Å². The Morgan fingerprint density at radius 1 is 1.00 bits per heavy atom. The second-order valence-electron chi connectivity index (χ2n) is 6.06. The number of aliphatic carboxylic acids is 1. The van der Waals surface area contributed by atoms with Crippen molar-refractivity contribution in [2.24, 2.45) is 0 Å². The largest absolute Gasteiger partial charge is 0.481 e. The van der Waals surface area contributed by atoms with E-state index in [1.165, 1.54) is 0 Å².